The molecule has 3 N–H and O–H groups in total. The second-order valence-corrected chi connectivity index (χ2v) is 8.12. The predicted molar refractivity (Wildman–Crippen MR) is 110 cm³/mol. The van der Waals surface area contributed by atoms with Crippen molar-refractivity contribution in [2.24, 2.45) is 16.6 Å². The molecule has 1 saturated carbocycles. The fraction of sp³-hybridized carbons (Fsp3) is 0.619. The molecule has 0 unspecified atom stereocenters. The molecular weight excluding hydrogens is 358 g/mol. The number of aliphatic imine (C=N–C) groups is 1. The van der Waals surface area contributed by atoms with Gasteiger partial charge in [-0.3, -0.25) is 4.79 Å². The van der Waals surface area contributed by atoms with Crippen LogP contribution < -0.4 is 20.5 Å². The highest BCUT2D eigenvalue weighted by Gasteiger charge is 2.30. The summed E-state index contributed by atoms with van der Waals surface area (Å²) in [5, 5.41) is 3.27. The van der Waals surface area contributed by atoms with E-state index in [1.807, 2.05) is 39.0 Å². The number of benzene rings is 1. The first-order chi connectivity index (χ1) is 13.2. The van der Waals surface area contributed by atoms with Gasteiger partial charge >= 0.3 is 5.97 Å². The van der Waals surface area contributed by atoms with Crippen molar-refractivity contribution in [2.45, 2.75) is 64.6 Å². The van der Waals surface area contributed by atoms with E-state index >= 15 is 0 Å². The molecule has 156 valence electrons. The molecule has 1 aliphatic rings. The molecule has 0 heterocycles. The van der Waals surface area contributed by atoms with E-state index in [1.54, 1.807) is 14.2 Å². The summed E-state index contributed by atoms with van der Waals surface area (Å²) in [5.41, 5.74) is 6.59. The zero-order valence-electron chi connectivity index (χ0n) is 17.6. The smallest absolute Gasteiger partial charge is 0.309 e. The first-order valence-electron chi connectivity index (χ1n) is 9.72. The van der Waals surface area contributed by atoms with Gasteiger partial charge in [0, 0.05) is 6.04 Å². The molecule has 2 rings (SSSR count). The molecular formula is C21H33N3O4. The Morgan fingerprint density at radius 3 is 2.36 bits per heavy atom. The van der Waals surface area contributed by atoms with E-state index in [0.717, 1.165) is 31.2 Å². The minimum atomic E-state index is -0.437. The highest BCUT2D eigenvalue weighted by molar-refractivity contribution is 5.78. The van der Waals surface area contributed by atoms with Gasteiger partial charge in [-0.1, -0.05) is 6.07 Å². The number of nitrogens with one attached hydrogen (secondary N) is 1. The van der Waals surface area contributed by atoms with Crippen LogP contribution in [0.2, 0.25) is 0 Å². The molecule has 0 bridgehead atoms. The van der Waals surface area contributed by atoms with E-state index in [2.05, 4.69) is 10.3 Å². The van der Waals surface area contributed by atoms with Crippen molar-refractivity contribution in [3.8, 4) is 11.5 Å². The Hall–Kier alpha value is -2.44. The van der Waals surface area contributed by atoms with Crippen LogP contribution in [0.3, 0.4) is 0 Å². The quantitative estimate of drug-likeness (QED) is 0.440. The van der Waals surface area contributed by atoms with E-state index in [0.29, 0.717) is 24.0 Å². The number of esters is 1. The predicted octanol–water partition coefficient (Wildman–Crippen LogP) is 3.01. The normalized spacial score (nSPS) is 20.4. The number of hydrogen-bond acceptors (Lipinski definition) is 5. The van der Waals surface area contributed by atoms with Gasteiger partial charge in [-0.15, -0.1) is 0 Å². The number of carbonyl (C=O) groups is 1. The summed E-state index contributed by atoms with van der Waals surface area (Å²) < 4.78 is 16.0. The Kier molecular flexibility index (Phi) is 7.54. The van der Waals surface area contributed by atoms with Gasteiger partial charge < -0.3 is 25.3 Å². The number of ether oxygens (including phenoxy) is 3. The van der Waals surface area contributed by atoms with E-state index in [1.165, 1.54) is 0 Å². The monoisotopic (exact) mass is 391 g/mol. The summed E-state index contributed by atoms with van der Waals surface area (Å²) in [4.78, 5) is 16.6. The second-order valence-electron chi connectivity index (χ2n) is 8.12. The van der Waals surface area contributed by atoms with Crippen LogP contribution in [-0.2, 0) is 16.1 Å². The number of rotatable bonds is 6. The van der Waals surface area contributed by atoms with Gasteiger partial charge in [-0.2, -0.15) is 0 Å². The lowest BCUT2D eigenvalue weighted by atomic mass is 9.86. The first-order valence-corrected chi connectivity index (χ1v) is 9.72. The molecule has 7 nitrogen and oxygen atoms in total. The Morgan fingerprint density at radius 1 is 1.14 bits per heavy atom. The van der Waals surface area contributed by atoms with Gasteiger partial charge in [-0.25, -0.2) is 4.99 Å². The Bertz CT molecular complexity index is 689. The third-order valence-electron chi connectivity index (χ3n) is 4.70. The maximum atomic E-state index is 12.2. The van der Waals surface area contributed by atoms with Crippen LogP contribution in [-0.4, -0.2) is 37.8 Å². The van der Waals surface area contributed by atoms with Crippen molar-refractivity contribution < 1.29 is 19.0 Å². The van der Waals surface area contributed by atoms with E-state index in [4.69, 9.17) is 19.9 Å². The maximum Gasteiger partial charge on any atom is 0.309 e. The number of nitrogens with two attached hydrogens (primary N) is 1. The third-order valence-corrected chi connectivity index (χ3v) is 4.70. The van der Waals surface area contributed by atoms with Crippen LogP contribution >= 0.6 is 0 Å². The number of nitrogens with zero attached hydrogens (tertiary/aromatic N) is 1. The maximum absolute atomic E-state index is 12.2. The topological polar surface area (TPSA) is 95.2 Å². The van der Waals surface area contributed by atoms with E-state index < -0.39 is 5.60 Å². The minimum absolute atomic E-state index is 0.0257. The molecule has 0 saturated heterocycles. The van der Waals surface area contributed by atoms with Gasteiger partial charge in [0.15, 0.2) is 17.5 Å². The lowest BCUT2D eigenvalue weighted by Gasteiger charge is -2.30. The van der Waals surface area contributed by atoms with Crippen molar-refractivity contribution in [2.75, 3.05) is 14.2 Å². The summed E-state index contributed by atoms with van der Waals surface area (Å²) in [5.74, 6) is 1.64. The molecule has 0 radical (unpaired) electrons. The Morgan fingerprint density at radius 2 is 1.79 bits per heavy atom. The van der Waals surface area contributed by atoms with Crippen LogP contribution in [0.25, 0.3) is 0 Å². The molecule has 1 aliphatic carbocycles. The molecule has 0 aromatic heterocycles. The van der Waals surface area contributed by atoms with Crippen LogP contribution in [0, 0.1) is 5.92 Å². The zero-order chi connectivity index (χ0) is 20.7. The fourth-order valence-corrected chi connectivity index (χ4v) is 3.27. The summed E-state index contributed by atoms with van der Waals surface area (Å²) in [7, 11) is 3.21. The van der Waals surface area contributed by atoms with Crippen LogP contribution in [0.5, 0.6) is 11.5 Å². The highest BCUT2D eigenvalue weighted by Crippen LogP contribution is 2.28. The molecule has 0 amide bonds. The molecule has 0 aliphatic heterocycles. The van der Waals surface area contributed by atoms with Crippen LogP contribution in [0.1, 0.15) is 52.0 Å². The molecule has 0 atom stereocenters. The SMILES string of the molecule is COc1ccc(CN=C(N)NC2CCC(C(=O)OC(C)(C)C)CC2)cc1OC. The van der Waals surface area contributed by atoms with Crippen LogP contribution in [0.4, 0.5) is 0 Å². The minimum Gasteiger partial charge on any atom is -0.493 e. The van der Waals surface area contributed by atoms with Crippen molar-refractivity contribution in [3.05, 3.63) is 23.8 Å². The Balaban J connectivity index is 1.82. The van der Waals surface area contributed by atoms with E-state index in [9.17, 15) is 4.79 Å². The fourth-order valence-electron chi connectivity index (χ4n) is 3.27. The third kappa shape index (κ3) is 6.62. The summed E-state index contributed by atoms with van der Waals surface area (Å²) in [6, 6.07) is 5.91. The van der Waals surface area contributed by atoms with Gasteiger partial charge in [-0.05, 0) is 64.2 Å². The number of carbonyl (C=O) groups excluding carboxylic acids is 1. The molecule has 1 aromatic carbocycles. The Labute approximate surface area is 167 Å². The summed E-state index contributed by atoms with van der Waals surface area (Å²) in [6.07, 6.45) is 3.35. The van der Waals surface area contributed by atoms with Gasteiger partial charge in [0.25, 0.3) is 0 Å². The lowest BCUT2D eigenvalue weighted by molar-refractivity contribution is -0.161. The molecule has 0 spiro atoms. The average molecular weight is 392 g/mol. The second kappa shape index (κ2) is 9.66. The summed E-state index contributed by atoms with van der Waals surface area (Å²) >= 11 is 0. The number of hydrogen-bond donors (Lipinski definition) is 2. The number of guanidine groups is 1. The van der Waals surface area contributed by atoms with Crippen molar-refractivity contribution in [3.63, 3.8) is 0 Å². The number of methoxy groups -OCH3 is 2. The lowest BCUT2D eigenvalue weighted by Crippen LogP contribution is -2.43. The van der Waals surface area contributed by atoms with Crippen molar-refractivity contribution in [1.29, 1.82) is 0 Å². The average Bonchev–Trinajstić information content (AvgIpc) is 2.65. The standard InChI is InChI=1S/C21H33N3O4/c1-21(2,3)28-19(25)15-7-9-16(10-8-15)24-20(22)23-13-14-6-11-17(26-4)18(12-14)27-5/h6,11-12,15-16H,7-10,13H2,1-5H3,(H3,22,23,24). The molecule has 28 heavy (non-hydrogen) atoms. The van der Waals surface area contributed by atoms with Crippen LogP contribution in [0.15, 0.2) is 23.2 Å². The zero-order valence-corrected chi connectivity index (χ0v) is 17.6. The first kappa shape index (κ1) is 21.9. The molecule has 1 fully saturated rings. The van der Waals surface area contributed by atoms with Crippen molar-refractivity contribution in [1.82, 2.24) is 5.32 Å². The highest BCUT2D eigenvalue weighted by atomic mass is 16.6. The summed E-state index contributed by atoms with van der Waals surface area (Å²) in [6.45, 7) is 6.14. The van der Waals surface area contributed by atoms with E-state index in [-0.39, 0.29) is 17.9 Å². The molecule has 7 heteroatoms. The van der Waals surface area contributed by atoms with Gasteiger partial charge in [0.05, 0.1) is 26.7 Å². The van der Waals surface area contributed by atoms with Gasteiger partial charge in [0.2, 0.25) is 0 Å². The van der Waals surface area contributed by atoms with Gasteiger partial charge in [0.1, 0.15) is 5.60 Å². The largest absolute Gasteiger partial charge is 0.493 e. The molecule has 1 aromatic rings. The van der Waals surface area contributed by atoms with Crippen molar-refractivity contribution >= 4 is 11.9 Å².